The first-order chi connectivity index (χ1) is 28.6. The Hall–Kier alpha value is -2.13. The molecule has 0 atom stereocenters. The van der Waals surface area contributed by atoms with Crippen LogP contribution in [0.15, 0.2) is 0 Å². The molecule has 0 N–H and O–H groups in total. The molecule has 0 aromatic rings. The van der Waals surface area contributed by atoms with Gasteiger partial charge in [0.25, 0.3) is 0 Å². The molecule has 0 aromatic carbocycles. The number of rotatable bonds is 36. The quantitative estimate of drug-likeness (QED) is 0.0605. The van der Waals surface area contributed by atoms with Crippen molar-refractivity contribution in [2.24, 2.45) is 0 Å². The molecule has 0 amide bonds. The van der Waals surface area contributed by atoms with E-state index in [1.54, 1.807) is 0 Å². The van der Waals surface area contributed by atoms with E-state index >= 15 is 0 Å². The average Bonchev–Trinajstić information content (AvgIpc) is 3.18. The molecule has 0 aromatic heterocycles. The minimum Gasteiger partial charge on any atom is -0.550 e. The fourth-order valence-corrected chi connectivity index (χ4v) is 5.24. The monoisotopic (exact) mass is 1100 g/mol. The first-order valence-corrected chi connectivity index (χ1v) is 23.8. The first-order valence-electron chi connectivity index (χ1n) is 23.8. The molecule has 12 nitrogen and oxygen atoms in total. The Bertz CT molecular complexity index is 729. The fourth-order valence-electron chi connectivity index (χ4n) is 5.24. The van der Waals surface area contributed by atoms with E-state index in [1.807, 2.05) is 0 Å². The summed E-state index contributed by atoms with van der Waals surface area (Å²) < 4.78 is 0. The maximum Gasteiger partial charge on any atom is 0.0414 e. The molecule has 0 rings (SSSR count). The molecule has 364 valence electrons. The summed E-state index contributed by atoms with van der Waals surface area (Å²) >= 11 is 0. The van der Waals surface area contributed by atoms with Gasteiger partial charge in [0.1, 0.15) is 0 Å². The topological polar surface area (TPSA) is 241 Å². The van der Waals surface area contributed by atoms with E-state index in [0.717, 1.165) is 116 Å². The summed E-state index contributed by atoms with van der Waals surface area (Å²) in [4.78, 5) is 59.5. The molecule has 0 saturated carbocycles. The molecule has 0 aliphatic heterocycles. The van der Waals surface area contributed by atoms with Crippen LogP contribution in [0.1, 0.15) is 273 Å². The van der Waals surface area contributed by atoms with E-state index in [1.165, 1.54) is 77.0 Å². The zero-order chi connectivity index (χ0) is 46.9. The average molecular weight is 1100 g/mol. The molecular formula is C48H90O12U-6. The van der Waals surface area contributed by atoms with Gasteiger partial charge >= 0.3 is 0 Å². The molecule has 0 unspecified atom stereocenters. The van der Waals surface area contributed by atoms with Crippen molar-refractivity contribution in [2.45, 2.75) is 273 Å². The summed E-state index contributed by atoms with van der Waals surface area (Å²) in [5.41, 5.74) is 0. The maximum atomic E-state index is 9.92. The predicted molar refractivity (Wildman–Crippen MR) is 230 cm³/mol. The third-order valence-electron chi connectivity index (χ3n) is 8.91. The van der Waals surface area contributed by atoms with Gasteiger partial charge in [0.2, 0.25) is 0 Å². The molecule has 0 heterocycles. The van der Waals surface area contributed by atoms with Crippen molar-refractivity contribution < 1.29 is 90.5 Å². The molecule has 0 fully saturated rings. The minimum atomic E-state index is -0.920. The van der Waals surface area contributed by atoms with Crippen LogP contribution in [0.3, 0.4) is 0 Å². The minimum absolute atomic E-state index is 0. The van der Waals surface area contributed by atoms with Crippen LogP contribution in [0.25, 0.3) is 0 Å². The molecular weight excluding hydrogens is 1010 g/mol. The van der Waals surface area contributed by atoms with Gasteiger partial charge in [-0.1, -0.05) is 196 Å². The van der Waals surface area contributed by atoms with Crippen LogP contribution in [0.4, 0.5) is 0 Å². The van der Waals surface area contributed by atoms with Gasteiger partial charge < -0.3 is 59.4 Å². The Morgan fingerprint density at radius 3 is 0.393 bits per heavy atom. The predicted octanol–water partition coefficient (Wildman–Crippen LogP) is 6.58. The largest absolute Gasteiger partial charge is 0.550 e. The van der Waals surface area contributed by atoms with Crippen LogP contribution in [0, 0.1) is 31.1 Å². The summed E-state index contributed by atoms with van der Waals surface area (Å²) in [5, 5.41) is 59.5. The van der Waals surface area contributed by atoms with E-state index in [0.29, 0.717) is 0 Å². The van der Waals surface area contributed by atoms with Crippen LogP contribution in [-0.4, -0.2) is 35.8 Å². The Morgan fingerprint density at radius 2 is 0.311 bits per heavy atom. The Balaban J connectivity index is -0.000000114. The van der Waals surface area contributed by atoms with E-state index < -0.39 is 35.8 Å². The third-order valence-corrected chi connectivity index (χ3v) is 8.91. The zero-order valence-electron chi connectivity index (χ0n) is 39.9. The fraction of sp³-hybridized carbons (Fsp3) is 0.875. The maximum absolute atomic E-state index is 9.92. The van der Waals surface area contributed by atoms with Crippen LogP contribution in [0.2, 0.25) is 0 Å². The summed E-state index contributed by atoms with van der Waals surface area (Å²) in [6, 6.07) is 0. The van der Waals surface area contributed by atoms with Gasteiger partial charge in [0.05, 0.1) is 0 Å². The second-order valence-electron chi connectivity index (χ2n) is 15.2. The molecule has 13 heteroatoms. The summed E-state index contributed by atoms with van der Waals surface area (Å²) in [7, 11) is 0. The number of aliphatic carboxylic acids is 6. The van der Waals surface area contributed by atoms with Gasteiger partial charge in [-0.2, -0.15) is 0 Å². The Kier molecular flexibility index (Phi) is 83.6. The third kappa shape index (κ3) is 114. The molecule has 0 bridgehead atoms. The second-order valence-corrected chi connectivity index (χ2v) is 15.2. The Morgan fingerprint density at radius 1 is 0.213 bits per heavy atom. The van der Waals surface area contributed by atoms with Crippen molar-refractivity contribution in [1.29, 1.82) is 0 Å². The number of unbranched alkanes of at least 4 members (excludes halogenated alkanes) is 24. The van der Waals surface area contributed by atoms with Gasteiger partial charge in [-0.05, 0) is 77.0 Å². The Labute approximate surface area is 397 Å². The van der Waals surface area contributed by atoms with Crippen molar-refractivity contribution in [1.82, 2.24) is 0 Å². The molecule has 0 spiro atoms. The SMILES string of the molecule is CCCCCCCC(=O)[O-].CCCCCCCC(=O)[O-].CCCCCCCC(=O)[O-].CCCCCCCC(=O)[O-].CCCCCCCC(=O)[O-].CCCCCCCC(=O)[O-].[U]. The molecule has 0 radical (unpaired) electrons. The van der Waals surface area contributed by atoms with Crippen molar-refractivity contribution in [3.05, 3.63) is 0 Å². The van der Waals surface area contributed by atoms with Gasteiger partial charge in [-0.25, -0.2) is 0 Å². The van der Waals surface area contributed by atoms with E-state index in [9.17, 15) is 59.4 Å². The van der Waals surface area contributed by atoms with E-state index in [2.05, 4.69) is 41.5 Å². The van der Waals surface area contributed by atoms with Crippen molar-refractivity contribution in [2.75, 3.05) is 0 Å². The van der Waals surface area contributed by atoms with E-state index in [-0.39, 0.29) is 69.6 Å². The van der Waals surface area contributed by atoms with Crippen LogP contribution in [-0.2, 0) is 28.8 Å². The number of carboxylic acids is 6. The molecule has 0 aliphatic rings. The summed E-state index contributed by atoms with van der Waals surface area (Å²) in [5.74, 6) is -5.52. The van der Waals surface area contributed by atoms with Crippen LogP contribution < -0.4 is 30.6 Å². The number of carboxylic acid groups (broad SMARTS) is 6. The summed E-state index contributed by atoms with van der Waals surface area (Å²) in [6.45, 7) is 12.8. The number of hydrogen-bond acceptors (Lipinski definition) is 12. The van der Waals surface area contributed by atoms with E-state index in [4.69, 9.17) is 0 Å². The van der Waals surface area contributed by atoms with Crippen molar-refractivity contribution >= 4 is 35.8 Å². The van der Waals surface area contributed by atoms with Gasteiger partial charge in [-0.15, -0.1) is 0 Å². The van der Waals surface area contributed by atoms with Crippen LogP contribution >= 0.6 is 0 Å². The molecule has 0 saturated heterocycles. The molecule has 0 aliphatic carbocycles. The smallest absolute Gasteiger partial charge is 0.0414 e. The number of carbonyl (C=O) groups is 6. The van der Waals surface area contributed by atoms with Crippen LogP contribution in [0.5, 0.6) is 0 Å². The number of carbonyl (C=O) groups excluding carboxylic acids is 6. The van der Waals surface area contributed by atoms with Crippen molar-refractivity contribution in [3.8, 4) is 0 Å². The standard InChI is InChI=1S/6C8H16O2.U/c6*1-2-3-4-5-6-7-8(9)10;/h6*2-7H2,1H3,(H,9,10);/p-6. The van der Waals surface area contributed by atoms with Crippen molar-refractivity contribution in [3.63, 3.8) is 0 Å². The first kappa shape index (κ1) is 73.3. The zero-order valence-corrected chi connectivity index (χ0v) is 44.0. The second kappa shape index (κ2) is 69.6. The molecule has 61 heavy (non-hydrogen) atoms. The summed E-state index contributed by atoms with van der Waals surface area (Å²) in [6.07, 6.45) is 33.6. The van der Waals surface area contributed by atoms with Gasteiger partial charge in [0.15, 0.2) is 0 Å². The van der Waals surface area contributed by atoms with Gasteiger partial charge in [0, 0.05) is 66.9 Å². The normalized spacial score (nSPS) is 9.54. The van der Waals surface area contributed by atoms with Gasteiger partial charge in [-0.3, -0.25) is 0 Å². The number of hydrogen-bond donors (Lipinski definition) is 0.